The van der Waals surface area contributed by atoms with E-state index in [4.69, 9.17) is 14.5 Å². The highest BCUT2D eigenvalue weighted by molar-refractivity contribution is 5.81. The lowest BCUT2D eigenvalue weighted by molar-refractivity contribution is -0.312. The number of hydrogen-bond donors (Lipinski definition) is 4. The fourth-order valence-corrected chi connectivity index (χ4v) is 5.60. The van der Waals surface area contributed by atoms with Crippen LogP contribution in [0.5, 0.6) is 0 Å². The van der Waals surface area contributed by atoms with Crippen LogP contribution in [0.25, 0.3) is 0 Å². The lowest BCUT2D eigenvalue weighted by atomic mass is 9.78. The van der Waals surface area contributed by atoms with Gasteiger partial charge in [0.15, 0.2) is 0 Å². The fourth-order valence-electron chi connectivity index (χ4n) is 5.60. The van der Waals surface area contributed by atoms with Gasteiger partial charge in [-0.2, -0.15) is 0 Å². The average molecular weight is 487 g/mol. The van der Waals surface area contributed by atoms with Gasteiger partial charge in [0.2, 0.25) is 0 Å². The quantitative estimate of drug-likeness (QED) is 0.156. The highest BCUT2D eigenvalue weighted by Crippen LogP contribution is 2.34. The summed E-state index contributed by atoms with van der Waals surface area (Å²) in [4.78, 5) is 45.9. The molecular weight excluding hydrogens is 448 g/mol. The maximum Gasteiger partial charge on any atom is 0.309 e. The van der Waals surface area contributed by atoms with Crippen molar-refractivity contribution in [2.24, 2.45) is 35.5 Å². The SMILES string of the molecule is O=C(O)C1CCC(O)CC1COOCC1CCC(COC(=O)C2CC(O)CCC2C(=O)O)CC1. The molecule has 0 aromatic heterocycles. The Morgan fingerprint density at radius 2 is 1.15 bits per heavy atom. The van der Waals surface area contributed by atoms with Gasteiger partial charge in [-0.3, -0.25) is 14.4 Å². The van der Waals surface area contributed by atoms with Gasteiger partial charge in [-0.1, -0.05) is 0 Å². The monoisotopic (exact) mass is 486 g/mol. The number of hydrogen-bond acceptors (Lipinski definition) is 8. The average Bonchev–Trinajstić information content (AvgIpc) is 2.80. The second kappa shape index (κ2) is 12.8. The van der Waals surface area contributed by atoms with Gasteiger partial charge in [0.05, 0.1) is 49.8 Å². The molecule has 0 heterocycles. The van der Waals surface area contributed by atoms with Crippen LogP contribution in [-0.2, 0) is 28.9 Å². The number of carbonyl (C=O) groups is 3. The predicted octanol–water partition coefficient (Wildman–Crippen LogP) is 2.01. The second-order valence-corrected chi connectivity index (χ2v) is 10.3. The van der Waals surface area contributed by atoms with E-state index in [0.717, 1.165) is 25.7 Å². The Balaban J connectivity index is 1.31. The van der Waals surface area contributed by atoms with Crippen molar-refractivity contribution in [2.45, 2.75) is 76.4 Å². The number of carboxylic acid groups (broad SMARTS) is 2. The summed E-state index contributed by atoms with van der Waals surface area (Å²) in [5, 5.41) is 38.3. The number of rotatable bonds is 10. The number of carboxylic acids is 2. The van der Waals surface area contributed by atoms with Crippen LogP contribution >= 0.6 is 0 Å². The second-order valence-electron chi connectivity index (χ2n) is 10.3. The number of carbonyl (C=O) groups excluding carboxylic acids is 1. The summed E-state index contributed by atoms with van der Waals surface area (Å²) in [6.45, 7) is 0.800. The van der Waals surface area contributed by atoms with Crippen molar-refractivity contribution < 1.29 is 49.3 Å². The molecule has 3 rings (SSSR count). The number of aliphatic carboxylic acids is 2. The Morgan fingerprint density at radius 3 is 1.76 bits per heavy atom. The molecule has 3 aliphatic rings. The van der Waals surface area contributed by atoms with Gasteiger partial charge in [0, 0.05) is 5.92 Å². The molecule has 6 unspecified atom stereocenters. The van der Waals surface area contributed by atoms with Crippen molar-refractivity contribution in [1.82, 2.24) is 0 Å². The highest BCUT2D eigenvalue weighted by Gasteiger charge is 2.40. The summed E-state index contributed by atoms with van der Waals surface area (Å²) in [5.74, 6) is -4.29. The van der Waals surface area contributed by atoms with Gasteiger partial charge in [0.1, 0.15) is 0 Å². The Bertz CT molecular complexity index is 689. The summed E-state index contributed by atoms with van der Waals surface area (Å²) in [5.41, 5.74) is 0. The lowest BCUT2D eigenvalue weighted by Crippen LogP contribution is -2.39. The van der Waals surface area contributed by atoms with Crippen molar-refractivity contribution in [1.29, 1.82) is 0 Å². The van der Waals surface area contributed by atoms with Crippen molar-refractivity contribution in [3.8, 4) is 0 Å². The maximum absolute atomic E-state index is 12.5. The first kappa shape index (κ1) is 26.8. The van der Waals surface area contributed by atoms with E-state index in [9.17, 15) is 34.8 Å². The molecule has 0 aromatic rings. The van der Waals surface area contributed by atoms with Crippen LogP contribution in [0.15, 0.2) is 0 Å². The largest absolute Gasteiger partial charge is 0.481 e. The molecule has 34 heavy (non-hydrogen) atoms. The van der Waals surface area contributed by atoms with E-state index in [-0.39, 0.29) is 37.9 Å². The molecule has 0 aliphatic heterocycles. The Morgan fingerprint density at radius 1 is 0.618 bits per heavy atom. The summed E-state index contributed by atoms with van der Waals surface area (Å²) >= 11 is 0. The smallest absolute Gasteiger partial charge is 0.309 e. The van der Waals surface area contributed by atoms with Gasteiger partial charge in [-0.15, -0.1) is 0 Å². The van der Waals surface area contributed by atoms with Crippen LogP contribution in [-0.4, -0.2) is 70.4 Å². The number of aliphatic hydroxyl groups excluding tert-OH is 2. The third-order valence-corrected chi connectivity index (χ3v) is 7.81. The van der Waals surface area contributed by atoms with Crippen molar-refractivity contribution >= 4 is 17.9 Å². The van der Waals surface area contributed by atoms with Crippen LogP contribution < -0.4 is 0 Å². The Kier molecular flexibility index (Phi) is 10.1. The molecule has 0 radical (unpaired) electrons. The summed E-state index contributed by atoms with van der Waals surface area (Å²) in [7, 11) is 0. The standard InChI is InChI=1S/C24H38O10/c25-17-5-7-19(22(27)28)16(9-17)13-34-33-12-15-3-1-14(2-4-15)11-32-24(31)21-10-18(26)6-8-20(21)23(29)30/h14-21,25-26H,1-13H2,(H,27,28)(H,29,30). The van der Waals surface area contributed by atoms with Crippen molar-refractivity contribution in [3.63, 3.8) is 0 Å². The Labute approximate surface area is 199 Å². The van der Waals surface area contributed by atoms with Crippen molar-refractivity contribution in [3.05, 3.63) is 0 Å². The first-order valence-electron chi connectivity index (χ1n) is 12.5. The zero-order valence-electron chi connectivity index (χ0n) is 19.5. The molecule has 3 aliphatic carbocycles. The van der Waals surface area contributed by atoms with Gasteiger partial charge >= 0.3 is 17.9 Å². The number of esters is 1. The molecule has 0 amide bonds. The van der Waals surface area contributed by atoms with E-state index >= 15 is 0 Å². The molecular formula is C24H38O10. The lowest BCUT2D eigenvalue weighted by Gasteiger charge is -2.32. The summed E-state index contributed by atoms with van der Waals surface area (Å²) in [6, 6.07) is 0. The topological polar surface area (TPSA) is 160 Å². The van der Waals surface area contributed by atoms with Crippen LogP contribution in [0, 0.1) is 35.5 Å². The van der Waals surface area contributed by atoms with Gasteiger partial charge < -0.3 is 25.2 Å². The summed E-state index contributed by atoms with van der Waals surface area (Å²) in [6.07, 6.45) is 4.45. The molecule has 0 bridgehead atoms. The third kappa shape index (κ3) is 7.63. The molecule has 194 valence electrons. The highest BCUT2D eigenvalue weighted by atomic mass is 17.2. The van der Waals surface area contributed by atoms with Gasteiger partial charge in [-0.25, -0.2) is 9.78 Å². The van der Waals surface area contributed by atoms with Crippen LogP contribution in [0.4, 0.5) is 0 Å². The minimum Gasteiger partial charge on any atom is -0.481 e. The molecule has 0 spiro atoms. The molecule has 10 nitrogen and oxygen atoms in total. The van der Waals surface area contributed by atoms with Gasteiger partial charge in [0.25, 0.3) is 0 Å². The van der Waals surface area contributed by atoms with Crippen LogP contribution in [0.1, 0.15) is 64.2 Å². The first-order chi connectivity index (χ1) is 16.2. The van der Waals surface area contributed by atoms with E-state index in [1.165, 1.54) is 0 Å². The zero-order chi connectivity index (χ0) is 24.7. The Hall–Kier alpha value is -1.75. The normalized spacial score (nSPS) is 36.5. The zero-order valence-corrected chi connectivity index (χ0v) is 19.5. The molecule has 3 fully saturated rings. The van der Waals surface area contributed by atoms with Crippen LogP contribution in [0.2, 0.25) is 0 Å². The molecule has 4 N–H and O–H groups in total. The molecule has 6 atom stereocenters. The predicted molar refractivity (Wildman–Crippen MR) is 117 cm³/mol. The minimum absolute atomic E-state index is 0.132. The summed E-state index contributed by atoms with van der Waals surface area (Å²) < 4.78 is 5.45. The molecule has 0 aromatic carbocycles. The van der Waals surface area contributed by atoms with E-state index in [1.54, 1.807) is 0 Å². The number of aliphatic hydroxyl groups is 2. The number of ether oxygens (including phenoxy) is 1. The maximum atomic E-state index is 12.5. The van der Waals surface area contributed by atoms with E-state index in [1.807, 2.05) is 0 Å². The third-order valence-electron chi connectivity index (χ3n) is 7.81. The fraction of sp³-hybridized carbons (Fsp3) is 0.875. The van der Waals surface area contributed by atoms with Crippen LogP contribution in [0.3, 0.4) is 0 Å². The van der Waals surface area contributed by atoms with E-state index in [0.29, 0.717) is 38.2 Å². The van der Waals surface area contributed by atoms with Crippen molar-refractivity contribution in [2.75, 3.05) is 19.8 Å². The molecule has 0 saturated heterocycles. The molecule has 3 saturated carbocycles. The van der Waals surface area contributed by atoms with Gasteiger partial charge in [-0.05, 0) is 76.0 Å². The molecule has 10 heteroatoms. The van der Waals surface area contributed by atoms with E-state index in [2.05, 4.69) is 0 Å². The van der Waals surface area contributed by atoms with E-state index < -0.39 is 47.9 Å². The minimum atomic E-state index is -1.02. The first-order valence-corrected chi connectivity index (χ1v) is 12.5.